The maximum atomic E-state index is 12.6. The standard InChI is InChI=1S/C21H24N6OS/c1-4-12-26-20(16-10-11-16)23-24-21(26)29-13-18(28)22-19-14(2)25-27(15(19)3)17-8-6-5-7-9-17/h4-9,16H,1,10-13H2,2-3H3,(H,22,28). The minimum absolute atomic E-state index is 0.0880. The lowest BCUT2D eigenvalue weighted by molar-refractivity contribution is -0.113. The zero-order valence-corrected chi connectivity index (χ0v) is 17.4. The summed E-state index contributed by atoms with van der Waals surface area (Å²) >= 11 is 1.40. The molecule has 1 aliphatic rings. The first-order chi connectivity index (χ1) is 14.1. The number of para-hydroxylation sites is 1. The van der Waals surface area contributed by atoms with Crippen LogP contribution in [0.1, 0.15) is 36.0 Å². The predicted octanol–water partition coefficient (Wildman–Crippen LogP) is 3.87. The summed E-state index contributed by atoms with van der Waals surface area (Å²) in [6, 6.07) is 9.89. The van der Waals surface area contributed by atoms with Gasteiger partial charge >= 0.3 is 0 Å². The number of carbonyl (C=O) groups excluding carboxylic acids is 1. The number of nitrogens with zero attached hydrogens (tertiary/aromatic N) is 5. The number of aromatic nitrogens is 5. The van der Waals surface area contributed by atoms with Crippen LogP contribution in [0.15, 0.2) is 48.1 Å². The number of hydrogen-bond donors (Lipinski definition) is 1. The van der Waals surface area contributed by atoms with Crippen LogP contribution in [-0.2, 0) is 11.3 Å². The fraction of sp³-hybridized carbons (Fsp3) is 0.333. The fourth-order valence-electron chi connectivity index (χ4n) is 3.30. The zero-order valence-electron chi connectivity index (χ0n) is 16.6. The normalized spacial score (nSPS) is 13.4. The lowest BCUT2D eigenvalue weighted by Gasteiger charge is -2.08. The van der Waals surface area contributed by atoms with E-state index in [0.29, 0.717) is 12.5 Å². The van der Waals surface area contributed by atoms with Crippen LogP contribution < -0.4 is 5.32 Å². The van der Waals surface area contributed by atoms with Gasteiger partial charge in [0, 0.05) is 12.5 Å². The highest BCUT2D eigenvalue weighted by atomic mass is 32.2. The van der Waals surface area contributed by atoms with Crippen LogP contribution in [0.3, 0.4) is 0 Å². The molecule has 150 valence electrons. The number of carbonyl (C=O) groups is 1. The molecule has 1 amide bonds. The fourth-order valence-corrected chi connectivity index (χ4v) is 4.06. The van der Waals surface area contributed by atoms with Crippen molar-refractivity contribution < 1.29 is 4.79 Å². The minimum atomic E-state index is -0.0880. The van der Waals surface area contributed by atoms with E-state index in [2.05, 4.69) is 31.8 Å². The lowest BCUT2D eigenvalue weighted by atomic mass is 10.3. The van der Waals surface area contributed by atoms with E-state index >= 15 is 0 Å². The van der Waals surface area contributed by atoms with E-state index in [1.165, 1.54) is 11.8 Å². The van der Waals surface area contributed by atoms with Gasteiger partial charge < -0.3 is 9.88 Å². The zero-order chi connectivity index (χ0) is 20.4. The first-order valence-corrected chi connectivity index (χ1v) is 10.6. The Morgan fingerprint density at radius 2 is 2.03 bits per heavy atom. The second kappa shape index (κ2) is 8.24. The summed E-state index contributed by atoms with van der Waals surface area (Å²) in [5, 5.41) is 17.0. The maximum Gasteiger partial charge on any atom is 0.234 e. The van der Waals surface area contributed by atoms with E-state index in [4.69, 9.17) is 0 Å². The van der Waals surface area contributed by atoms with Crippen molar-refractivity contribution >= 4 is 23.4 Å². The van der Waals surface area contributed by atoms with Crippen molar-refractivity contribution in [3.05, 3.63) is 60.2 Å². The average Bonchev–Trinajstić information content (AvgIpc) is 3.44. The average molecular weight is 409 g/mol. The lowest BCUT2D eigenvalue weighted by Crippen LogP contribution is -2.16. The monoisotopic (exact) mass is 408 g/mol. The molecule has 0 saturated heterocycles. The summed E-state index contributed by atoms with van der Waals surface area (Å²) in [5.41, 5.74) is 3.41. The van der Waals surface area contributed by atoms with Gasteiger partial charge in [0.05, 0.1) is 28.5 Å². The van der Waals surface area contributed by atoms with Crippen molar-refractivity contribution in [3.63, 3.8) is 0 Å². The highest BCUT2D eigenvalue weighted by Gasteiger charge is 2.30. The predicted molar refractivity (Wildman–Crippen MR) is 115 cm³/mol. The van der Waals surface area contributed by atoms with E-state index in [0.717, 1.165) is 46.6 Å². The van der Waals surface area contributed by atoms with Gasteiger partial charge in [-0.15, -0.1) is 16.8 Å². The number of thioether (sulfide) groups is 1. The number of nitrogens with one attached hydrogen (secondary N) is 1. The first kappa shape index (κ1) is 19.4. The molecule has 7 nitrogen and oxygen atoms in total. The molecule has 0 radical (unpaired) electrons. The summed E-state index contributed by atoms with van der Waals surface area (Å²) in [5.74, 6) is 1.67. The Bertz CT molecular complexity index is 1040. The topological polar surface area (TPSA) is 77.6 Å². The van der Waals surface area contributed by atoms with E-state index in [9.17, 15) is 4.79 Å². The molecule has 0 aliphatic heterocycles. The Morgan fingerprint density at radius 3 is 2.72 bits per heavy atom. The van der Waals surface area contributed by atoms with Crippen molar-refractivity contribution in [1.82, 2.24) is 24.5 Å². The van der Waals surface area contributed by atoms with Crippen molar-refractivity contribution in [2.24, 2.45) is 0 Å². The molecule has 1 N–H and O–H groups in total. The smallest absolute Gasteiger partial charge is 0.234 e. The third-order valence-electron chi connectivity index (χ3n) is 4.89. The Balaban J connectivity index is 1.45. The second-order valence-electron chi connectivity index (χ2n) is 7.14. The Labute approximate surface area is 174 Å². The maximum absolute atomic E-state index is 12.6. The SMILES string of the molecule is C=CCn1c(SCC(=O)Nc2c(C)nn(-c3ccccc3)c2C)nnc1C1CC1. The molecule has 1 saturated carbocycles. The summed E-state index contributed by atoms with van der Waals surface area (Å²) < 4.78 is 3.91. The van der Waals surface area contributed by atoms with Gasteiger partial charge in [-0.3, -0.25) is 4.79 Å². The number of aryl methyl sites for hydroxylation is 1. The van der Waals surface area contributed by atoms with E-state index in [-0.39, 0.29) is 11.7 Å². The molecule has 0 atom stereocenters. The number of anilines is 1. The quantitative estimate of drug-likeness (QED) is 0.452. The Hall–Kier alpha value is -2.87. The van der Waals surface area contributed by atoms with Crippen LogP contribution in [0.25, 0.3) is 5.69 Å². The van der Waals surface area contributed by atoms with Crippen LogP contribution in [0.2, 0.25) is 0 Å². The van der Waals surface area contributed by atoms with Gasteiger partial charge in [0.1, 0.15) is 5.82 Å². The number of hydrogen-bond acceptors (Lipinski definition) is 5. The molecule has 0 spiro atoms. The van der Waals surface area contributed by atoms with Gasteiger partial charge in [-0.05, 0) is 38.8 Å². The highest BCUT2D eigenvalue weighted by molar-refractivity contribution is 7.99. The Morgan fingerprint density at radius 1 is 1.28 bits per heavy atom. The molecule has 0 bridgehead atoms. The first-order valence-electron chi connectivity index (χ1n) is 9.66. The van der Waals surface area contributed by atoms with E-state index < -0.39 is 0 Å². The minimum Gasteiger partial charge on any atom is -0.322 e. The third kappa shape index (κ3) is 4.12. The van der Waals surface area contributed by atoms with Gasteiger partial charge in [0.15, 0.2) is 5.16 Å². The molecule has 8 heteroatoms. The van der Waals surface area contributed by atoms with Gasteiger partial charge in [0.25, 0.3) is 0 Å². The van der Waals surface area contributed by atoms with Gasteiger partial charge in [-0.2, -0.15) is 5.10 Å². The number of allylic oxidation sites excluding steroid dienone is 1. The van der Waals surface area contributed by atoms with Crippen molar-refractivity contribution in [3.8, 4) is 5.69 Å². The Kier molecular flexibility index (Phi) is 5.53. The van der Waals surface area contributed by atoms with E-state index in [1.807, 2.05) is 54.9 Å². The molecule has 0 unspecified atom stereocenters. The largest absolute Gasteiger partial charge is 0.322 e. The summed E-state index contributed by atoms with van der Waals surface area (Å²) in [4.78, 5) is 12.6. The molecule has 1 fully saturated rings. The summed E-state index contributed by atoms with van der Waals surface area (Å²) in [6.45, 7) is 8.34. The molecule has 1 aliphatic carbocycles. The van der Waals surface area contributed by atoms with Crippen molar-refractivity contribution in [2.45, 2.75) is 44.3 Å². The molecular weight excluding hydrogens is 384 g/mol. The van der Waals surface area contributed by atoms with Crippen LogP contribution in [0.5, 0.6) is 0 Å². The molecular formula is C21H24N6OS. The number of rotatable bonds is 8. The van der Waals surface area contributed by atoms with Gasteiger partial charge in [0.2, 0.25) is 5.91 Å². The molecule has 4 rings (SSSR count). The van der Waals surface area contributed by atoms with Crippen molar-refractivity contribution in [2.75, 3.05) is 11.1 Å². The van der Waals surface area contributed by atoms with Crippen LogP contribution in [0, 0.1) is 13.8 Å². The van der Waals surface area contributed by atoms with Gasteiger partial charge in [-0.25, -0.2) is 4.68 Å². The van der Waals surface area contributed by atoms with Crippen molar-refractivity contribution in [1.29, 1.82) is 0 Å². The van der Waals surface area contributed by atoms with Crippen LogP contribution in [0.4, 0.5) is 5.69 Å². The highest BCUT2D eigenvalue weighted by Crippen LogP contribution is 2.40. The van der Waals surface area contributed by atoms with Gasteiger partial charge in [-0.1, -0.05) is 36.0 Å². The summed E-state index contributed by atoms with van der Waals surface area (Å²) in [7, 11) is 0. The van der Waals surface area contributed by atoms with E-state index in [1.54, 1.807) is 0 Å². The molecule has 1 aromatic carbocycles. The molecule has 2 heterocycles. The third-order valence-corrected chi connectivity index (χ3v) is 5.86. The molecule has 2 aromatic heterocycles. The summed E-state index contributed by atoms with van der Waals surface area (Å²) in [6.07, 6.45) is 4.15. The molecule has 29 heavy (non-hydrogen) atoms. The second-order valence-corrected chi connectivity index (χ2v) is 8.09. The van der Waals surface area contributed by atoms with Crippen LogP contribution >= 0.6 is 11.8 Å². The number of benzene rings is 1. The number of amides is 1. The van der Waals surface area contributed by atoms with Crippen LogP contribution in [-0.4, -0.2) is 36.2 Å². The molecule has 3 aromatic rings.